The van der Waals surface area contributed by atoms with Gasteiger partial charge in [0.25, 0.3) is 5.88 Å². The molecule has 31 heavy (non-hydrogen) atoms. The van der Waals surface area contributed by atoms with E-state index in [0.29, 0.717) is 30.8 Å². The highest BCUT2D eigenvalue weighted by atomic mass is 32.1. The summed E-state index contributed by atoms with van der Waals surface area (Å²) >= 11 is 1.70. The minimum absolute atomic E-state index is 0.0873. The zero-order valence-corrected chi connectivity index (χ0v) is 18.3. The molecular weight excluding hydrogens is 412 g/mol. The fourth-order valence-electron chi connectivity index (χ4n) is 4.15. The van der Waals surface area contributed by atoms with Gasteiger partial charge in [0.1, 0.15) is 6.10 Å². The van der Waals surface area contributed by atoms with Crippen LogP contribution in [-0.4, -0.2) is 64.6 Å². The summed E-state index contributed by atoms with van der Waals surface area (Å²) in [5.74, 6) is 1.28. The van der Waals surface area contributed by atoms with Crippen molar-refractivity contribution in [1.82, 2.24) is 19.9 Å². The van der Waals surface area contributed by atoms with Crippen molar-refractivity contribution in [3.8, 4) is 5.88 Å². The highest BCUT2D eigenvalue weighted by Crippen LogP contribution is 2.31. The summed E-state index contributed by atoms with van der Waals surface area (Å²) in [6, 6.07) is 8.62. The van der Waals surface area contributed by atoms with E-state index in [1.807, 2.05) is 30.1 Å². The summed E-state index contributed by atoms with van der Waals surface area (Å²) in [5.41, 5.74) is 1.05. The Hall–Kier alpha value is -2.94. The van der Waals surface area contributed by atoms with Crippen LogP contribution in [0.1, 0.15) is 25.7 Å². The third-order valence-corrected chi connectivity index (χ3v) is 6.94. The molecule has 1 aliphatic heterocycles. The molecule has 1 saturated heterocycles. The molecule has 2 aliphatic rings. The topological polar surface area (TPSA) is 83.5 Å². The number of para-hydroxylation sites is 1. The van der Waals surface area contributed by atoms with Crippen LogP contribution in [0.3, 0.4) is 0 Å². The third kappa shape index (κ3) is 4.41. The van der Waals surface area contributed by atoms with E-state index < -0.39 is 0 Å². The lowest BCUT2D eigenvalue weighted by atomic mass is 9.93. The quantitative estimate of drug-likeness (QED) is 0.655. The second-order valence-electron chi connectivity index (χ2n) is 8.14. The van der Waals surface area contributed by atoms with Crippen molar-refractivity contribution < 1.29 is 9.53 Å². The Labute approximate surface area is 185 Å². The van der Waals surface area contributed by atoms with E-state index in [1.165, 1.54) is 4.70 Å². The molecule has 1 amide bonds. The number of fused-ring (bicyclic) bond motifs is 1. The van der Waals surface area contributed by atoms with E-state index in [9.17, 15) is 4.79 Å². The number of rotatable bonds is 5. The maximum absolute atomic E-state index is 12.1. The number of hydrogen-bond donors (Lipinski definition) is 1. The number of carbonyl (C=O) groups is 1. The molecule has 1 saturated carbocycles. The number of aromatic nitrogens is 3. The molecule has 1 aliphatic carbocycles. The van der Waals surface area contributed by atoms with Gasteiger partial charge in [0.05, 0.1) is 16.8 Å². The van der Waals surface area contributed by atoms with Crippen molar-refractivity contribution in [3.63, 3.8) is 0 Å². The first-order valence-electron chi connectivity index (χ1n) is 10.7. The smallest absolute Gasteiger partial charge is 0.257 e. The van der Waals surface area contributed by atoms with Crippen molar-refractivity contribution in [2.24, 2.45) is 0 Å². The van der Waals surface area contributed by atoms with Gasteiger partial charge in [-0.2, -0.15) is 0 Å². The number of thiazole rings is 1. The van der Waals surface area contributed by atoms with Crippen LogP contribution < -0.4 is 15.0 Å². The molecule has 0 bridgehead atoms. The number of anilines is 2. The van der Waals surface area contributed by atoms with Gasteiger partial charge in [-0.05, 0) is 37.8 Å². The van der Waals surface area contributed by atoms with Crippen LogP contribution in [-0.2, 0) is 4.79 Å². The molecule has 3 aromatic rings. The standard InChI is InChI=1S/C22H26N6O2S/c1-27-12-13-28(14-19(27)29)20-21(24-11-10-23-20)30-16-8-6-15(7-9-16)25-22-26-17-4-2-3-5-18(17)31-22/h2-5,10-11,15-16H,6-9,12-14H2,1H3,(H,25,26). The molecule has 8 nitrogen and oxygen atoms in total. The number of carbonyl (C=O) groups excluding carboxylic acids is 1. The van der Waals surface area contributed by atoms with Gasteiger partial charge < -0.3 is 19.9 Å². The van der Waals surface area contributed by atoms with E-state index >= 15 is 0 Å². The molecule has 162 valence electrons. The minimum atomic E-state index is 0.0873. The number of nitrogens with zero attached hydrogens (tertiary/aromatic N) is 5. The molecule has 1 aromatic carbocycles. The first kappa shape index (κ1) is 20.0. The average Bonchev–Trinajstić information content (AvgIpc) is 3.20. The number of benzene rings is 1. The van der Waals surface area contributed by atoms with Gasteiger partial charge in [0.15, 0.2) is 10.9 Å². The maximum Gasteiger partial charge on any atom is 0.257 e. The molecule has 2 fully saturated rings. The number of ether oxygens (including phenoxy) is 1. The van der Waals surface area contributed by atoms with E-state index in [1.54, 1.807) is 28.6 Å². The Morgan fingerprint density at radius 2 is 1.90 bits per heavy atom. The second kappa shape index (κ2) is 8.66. The summed E-state index contributed by atoms with van der Waals surface area (Å²) in [7, 11) is 1.83. The molecule has 9 heteroatoms. The maximum atomic E-state index is 12.1. The summed E-state index contributed by atoms with van der Waals surface area (Å²) in [6.07, 6.45) is 7.33. The van der Waals surface area contributed by atoms with Gasteiger partial charge in [-0.15, -0.1) is 0 Å². The zero-order chi connectivity index (χ0) is 21.2. The van der Waals surface area contributed by atoms with Gasteiger partial charge in [-0.1, -0.05) is 23.5 Å². The molecule has 0 atom stereocenters. The third-order valence-electron chi connectivity index (χ3n) is 5.98. The average molecular weight is 439 g/mol. The summed E-state index contributed by atoms with van der Waals surface area (Å²) in [4.78, 5) is 29.4. The largest absolute Gasteiger partial charge is 0.472 e. The number of hydrogen-bond acceptors (Lipinski definition) is 8. The predicted octanol–water partition coefficient (Wildman–Crippen LogP) is 3.17. The zero-order valence-electron chi connectivity index (χ0n) is 17.5. The van der Waals surface area contributed by atoms with Crippen LogP contribution in [0.25, 0.3) is 10.2 Å². The Morgan fingerprint density at radius 1 is 1.10 bits per heavy atom. The van der Waals surface area contributed by atoms with Crippen molar-refractivity contribution >= 4 is 38.4 Å². The van der Waals surface area contributed by atoms with Gasteiger partial charge in [0.2, 0.25) is 5.91 Å². The molecule has 3 heterocycles. The van der Waals surface area contributed by atoms with E-state index in [-0.39, 0.29) is 12.0 Å². The Bertz CT molecular complexity index is 1030. The lowest BCUT2D eigenvalue weighted by Gasteiger charge is -2.34. The number of piperazine rings is 1. The first-order chi connectivity index (χ1) is 15.2. The highest BCUT2D eigenvalue weighted by molar-refractivity contribution is 7.22. The lowest BCUT2D eigenvalue weighted by Crippen LogP contribution is -2.49. The summed E-state index contributed by atoms with van der Waals surface area (Å²) < 4.78 is 7.48. The molecular formula is C22H26N6O2S. The molecule has 1 N–H and O–H groups in total. The van der Waals surface area contributed by atoms with Crippen LogP contribution in [0, 0.1) is 0 Å². The highest BCUT2D eigenvalue weighted by Gasteiger charge is 2.28. The van der Waals surface area contributed by atoms with Crippen LogP contribution >= 0.6 is 11.3 Å². The van der Waals surface area contributed by atoms with Crippen molar-refractivity contribution in [1.29, 1.82) is 0 Å². The molecule has 5 rings (SSSR count). The molecule has 0 unspecified atom stereocenters. The molecule has 2 aromatic heterocycles. The van der Waals surface area contributed by atoms with E-state index in [2.05, 4.69) is 26.3 Å². The fraction of sp³-hybridized carbons (Fsp3) is 0.455. The van der Waals surface area contributed by atoms with Crippen LogP contribution in [0.15, 0.2) is 36.7 Å². The van der Waals surface area contributed by atoms with Gasteiger partial charge in [-0.25, -0.2) is 15.0 Å². The Balaban J connectivity index is 1.19. The van der Waals surface area contributed by atoms with Crippen molar-refractivity contribution in [3.05, 3.63) is 36.7 Å². The number of amides is 1. The van der Waals surface area contributed by atoms with Crippen LogP contribution in [0.2, 0.25) is 0 Å². The molecule has 0 spiro atoms. The van der Waals surface area contributed by atoms with Crippen molar-refractivity contribution in [2.45, 2.75) is 37.8 Å². The SMILES string of the molecule is CN1CCN(c2nccnc2OC2CCC(Nc3nc4ccccc4s3)CC2)CC1=O. The first-order valence-corrected chi connectivity index (χ1v) is 11.6. The summed E-state index contributed by atoms with van der Waals surface area (Å²) in [6.45, 7) is 1.72. The van der Waals surface area contributed by atoms with Gasteiger partial charge in [0, 0.05) is 38.6 Å². The second-order valence-corrected chi connectivity index (χ2v) is 9.18. The molecule has 0 radical (unpaired) electrons. The fourth-order valence-corrected chi connectivity index (χ4v) is 5.09. The monoisotopic (exact) mass is 438 g/mol. The lowest BCUT2D eigenvalue weighted by molar-refractivity contribution is -0.129. The van der Waals surface area contributed by atoms with Crippen LogP contribution in [0.5, 0.6) is 5.88 Å². The normalized spacial score (nSPS) is 22.0. The van der Waals surface area contributed by atoms with Crippen LogP contribution in [0.4, 0.5) is 10.9 Å². The summed E-state index contributed by atoms with van der Waals surface area (Å²) in [5, 5.41) is 4.59. The van der Waals surface area contributed by atoms with Gasteiger partial charge in [-0.3, -0.25) is 4.79 Å². The van der Waals surface area contributed by atoms with E-state index in [4.69, 9.17) is 4.74 Å². The Morgan fingerprint density at radius 3 is 2.71 bits per heavy atom. The Kier molecular flexibility index (Phi) is 5.59. The number of nitrogens with one attached hydrogen (secondary N) is 1. The number of likely N-dealkylation sites (N-methyl/N-ethyl adjacent to an activating group) is 1. The van der Waals surface area contributed by atoms with Crippen molar-refractivity contribution in [2.75, 3.05) is 36.9 Å². The van der Waals surface area contributed by atoms with Gasteiger partial charge >= 0.3 is 0 Å². The predicted molar refractivity (Wildman–Crippen MR) is 122 cm³/mol. The minimum Gasteiger partial charge on any atom is -0.472 e. The van der Waals surface area contributed by atoms with E-state index in [0.717, 1.165) is 42.9 Å².